The average molecular weight is 278 g/mol. The molecule has 4 aromatic rings. The van der Waals surface area contributed by atoms with Crippen molar-refractivity contribution in [1.82, 2.24) is 24.1 Å². The van der Waals surface area contributed by atoms with Gasteiger partial charge in [0.15, 0.2) is 0 Å². The minimum absolute atomic E-state index is 0.199. The summed E-state index contributed by atoms with van der Waals surface area (Å²) in [6, 6.07) is 9.01. The van der Waals surface area contributed by atoms with Crippen molar-refractivity contribution in [2.75, 3.05) is 5.73 Å². The van der Waals surface area contributed by atoms with E-state index in [0.29, 0.717) is 28.1 Å². The first-order valence-electron chi connectivity index (χ1n) is 6.31. The zero-order valence-corrected chi connectivity index (χ0v) is 10.8. The molecule has 2 N–H and O–H groups in total. The molecule has 0 saturated carbocycles. The molecule has 102 valence electrons. The summed E-state index contributed by atoms with van der Waals surface area (Å²) in [6.07, 6.45) is 4.59. The Kier molecular flexibility index (Phi) is 2.28. The first-order chi connectivity index (χ1) is 10.3. The molecule has 1 aromatic carbocycles. The van der Waals surface area contributed by atoms with Crippen LogP contribution >= 0.6 is 0 Å². The Bertz CT molecular complexity index is 1030. The molecule has 21 heavy (non-hydrogen) atoms. The predicted molar refractivity (Wildman–Crippen MR) is 78.3 cm³/mol. The van der Waals surface area contributed by atoms with Gasteiger partial charge in [0.2, 0.25) is 0 Å². The second-order valence-electron chi connectivity index (χ2n) is 4.58. The van der Waals surface area contributed by atoms with Gasteiger partial charge >= 0.3 is 0 Å². The fraction of sp³-hybridized carbons (Fsp3) is 0. The Morgan fingerprint density at radius 2 is 1.95 bits per heavy atom. The van der Waals surface area contributed by atoms with Crippen LogP contribution in [-0.4, -0.2) is 24.1 Å². The van der Waals surface area contributed by atoms with E-state index in [-0.39, 0.29) is 5.56 Å². The van der Waals surface area contributed by atoms with Crippen LogP contribution < -0.4 is 11.3 Å². The van der Waals surface area contributed by atoms with Crippen LogP contribution in [0, 0.1) is 0 Å². The zero-order chi connectivity index (χ0) is 14.4. The fourth-order valence-electron chi connectivity index (χ4n) is 2.36. The quantitative estimate of drug-likeness (QED) is 0.525. The molecule has 0 bridgehead atoms. The molecule has 7 heteroatoms. The third-order valence-electron chi connectivity index (χ3n) is 3.37. The van der Waals surface area contributed by atoms with E-state index in [4.69, 9.17) is 5.73 Å². The van der Waals surface area contributed by atoms with Gasteiger partial charge in [-0.25, -0.2) is 4.98 Å². The van der Waals surface area contributed by atoms with Gasteiger partial charge in [0.05, 0.1) is 22.3 Å². The van der Waals surface area contributed by atoms with Crippen molar-refractivity contribution in [3.05, 3.63) is 59.4 Å². The number of nitrogen functional groups attached to an aromatic ring is 1. The van der Waals surface area contributed by atoms with Crippen molar-refractivity contribution in [3.8, 4) is 5.69 Å². The van der Waals surface area contributed by atoms with Crippen LogP contribution in [-0.2, 0) is 0 Å². The van der Waals surface area contributed by atoms with Crippen molar-refractivity contribution < 1.29 is 0 Å². The summed E-state index contributed by atoms with van der Waals surface area (Å²) >= 11 is 0. The van der Waals surface area contributed by atoms with Gasteiger partial charge in [-0.15, -0.1) is 0 Å². The molecule has 0 aliphatic carbocycles. The van der Waals surface area contributed by atoms with Gasteiger partial charge in [0.1, 0.15) is 6.33 Å². The number of nitrogens with two attached hydrogens (primary N) is 1. The molecule has 4 rings (SSSR count). The van der Waals surface area contributed by atoms with E-state index in [9.17, 15) is 4.79 Å². The van der Waals surface area contributed by atoms with E-state index >= 15 is 0 Å². The Morgan fingerprint density at radius 1 is 1.10 bits per heavy atom. The molecule has 3 aromatic heterocycles. The highest BCUT2D eigenvalue weighted by molar-refractivity contribution is 5.79. The predicted octanol–water partition coefficient (Wildman–Crippen LogP) is 1.01. The van der Waals surface area contributed by atoms with E-state index in [0.717, 1.165) is 0 Å². The average Bonchev–Trinajstić information content (AvgIpc) is 2.97. The number of hydrogen-bond donors (Lipinski definition) is 1. The third-order valence-corrected chi connectivity index (χ3v) is 3.37. The van der Waals surface area contributed by atoms with Crippen LogP contribution in [0.4, 0.5) is 5.69 Å². The van der Waals surface area contributed by atoms with E-state index < -0.39 is 0 Å². The number of aromatic nitrogens is 5. The van der Waals surface area contributed by atoms with Gasteiger partial charge in [-0.3, -0.25) is 9.36 Å². The molecule has 7 nitrogen and oxygen atoms in total. The highest BCUT2D eigenvalue weighted by Crippen LogP contribution is 2.16. The molecular formula is C14H10N6O. The summed E-state index contributed by atoms with van der Waals surface area (Å²) in [4.78, 5) is 20.8. The number of fused-ring (bicyclic) bond motifs is 3. The highest BCUT2D eigenvalue weighted by Gasteiger charge is 2.10. The summed E-state index contributed by atoms with van der Waals surface area (Å²) in [5.41, 5.74) is 7.58. The maximum absolute atomic E-state index is 12.7. The van der Waals surface area contributed by atoms with Crippen LogP contribution in [0.25, 0.3) is 22.4 Å². The summed E-state index contributed by atoms with van der Waals surface area (Å²) in [5.74, 6) is 0.457. The molecule has 0 aliphatic rings. The molecule has 3 heterocycles. The topological polar surface area (TPSA) is 91.1 Å². The zero-order valence-electron chi connectivity index (χ0n) is 10.8. The summed E-state index contributed by atoms with van der Waals surface area (Å²) in [6.45, 7) is 0. The van der Waals surface area contributed by atoms with Gasteiger partial charge in [-0.05, 0) is 18.2 Å². The largest absolute Gasteiger partial charge is 0.397 e. The van der Waals surface area contributed by atoms with Crippen molar-refractivity contribution in [1.29, 1.82) is 0 Å². The van der Waals surface area contributed by atoms with Crippen LogP contribution in [0.3, 0.4) is 0 Å². The number of rotatable bonds is 1. The highest BCUT2D eigenvalue weighted by atomic mass is 16.1. The van der Waals surface area contributed by atoms with E-state index in [1.54, 1.807) is 24.4 Å². The normalized spacial score (nSPS) is 11.2. The summed E-state index contributed by atoms with van der Waals surface area (Å²) < 4.78 is 3.04. The maximum atomic E-state index is 12.7. The summed E-state index contributed by atoms with van der Waals surface area (Å²) in [5, 5.41) is 4.54. The Labute approximate surface area is 118 Å². The van der Waals surface area contributed by atoms with E-state index in [1.165, 1.54) is 21.6 Å². The molecule has 0 radical (unpaired) electrons. The van der Waals surface area contributed by atoms with Crippen LogP contribution in [0.5, 0.6) is 0 Å². The van der Waals surface area contributed by atoms with Gasteiger partial charge < -0.3 is 5.73 Å². The minimum Gasteiger partial charge on any atom is -0.397 e. The molecule has 0 unspecified atom stereocenters. The van der Waals surface area contributed by atoms with E-state index in [2.05, 4.69) is 15.1 Å². The lowest BCUT2D eigenvalue weighted by molar-refractivity contribution is 0.959. The minimum atomic E-state index is -0.199. The Morgan fingerprint density at radius 3 is 2.81 bits per heavy atom. The SMILES string of the molecule is Nc1ccccc1-n1ccc2c(cnc3ncnn32)c1=O. The lowest BCUT2D eigenvalue weighted by Crippen LogP contribution is -2.19. The molecule has 0 atom stereocenters. The van der Waals surface area contributed by atoms with Gasteiger partial charge in [0, 0.05) is 12.4 Å². The standard InChI is InChI=1S/C14H10N6O/c15-10-3-1-2-4-12(10)19-6-5-11-9(13(19)21)7-16-14-17-8-18-20(11)14/h1-8H,15H2. The van der Waals surface area contributed by atoms with Gasteiger partial charge in [-0.1, -0.05) is 12.1 Å². The second kappa shape index (κ2) is 4.14. The number of anilines is 1. The monoisotopic (exact) mass is 278 g/mol. The molecule has 0 spiro atoms. The first kappa shape index (κ1) is 11.6. The van der Waals surface area contributed by atoms with Gasteiger partial charge in [0.25, 0.3) is 11.3 Å². The molecule has 0 saturated heterocycles. The third kappa shape index (κ3) is 1.61. The number of nitrogens with zero attached hydrogens (tertiary/aromatic N) is 5. The molecule has 0 aliphatic heterocycles. The van der Waals surface area contributed by atoms with Crippen LogP contribution in [0.2, 0.25) is 0 Å². The number of benzene rings is 1. The number of para-hydroxylation sites is 2. The summed E-state index contributed by atoms with van der Waals surface area (Å²) in [7, 11) is 0. The van der Waals surface area contributed by atoms with E-state index in [1.807, 2.05) is 12.1 Å². The smallest absolute Gasteiger partial charge is 0.266 e. The molecule has 0 amide bonds. The fourth-order valence-corrected chi connectivity index (χ4v) is 2.36. The van der Waals surface area contributed by atoms with Crippen LogP contribution in [0.15, 0.2) is 53.8 Å². The van der Waals surface area contributed by atoms with Crippen molar-refractivity contribution in [2.45, 2.75) is 0 Å². The number of pyridine rings is 1. The van der Waals surface area contributed by atoms with Crippen molar-refractivity contribution >= 4 is 22.4 Å². The van der Waals surface area contributed by atoms with Gasteiger partial charge in [-0.2, -0.15) is 14.6 Å². The molecule has 0 fully saturated rings. The van der Waals surface area contributed by atoms with Crippen LogP contribution in [0.1, 0.15) is 0 Å². The second-order valence-corrected chi connectivity index (χ2v) is 4.58. The van der Waals surface area contributed by atoms with Crippen molar-refractivity contribution in [3.63, 3.8) is 0 Å². The lowest BCUT2D eigenvalue weighted by atomic mass is 10.2. The Hall–Kier alpha value is -3.22. The van der Waals surface area contributed by atoms with Crippen molar-refractivity contribution in [2.24, 2.45) is 0 Å². The number of hydrogen-bond acceptors (Lipinski definition) is 5. The maximum Gasteiger partial charge on any atom is 0.266 e. The Balaban J connectivity index is 2.10. The molecular weight excluding hydrogens is 268 g/mol. The lowest BCUT2D eigenvalue weighted by Gasteiger charge is -2.09. The first-order valence-corrected chi connectivity index (χ1v) is 6.31.